The van der Waals surface area contributed by atoms with Crippen molar-refractivity contribution in [2.75, 3.05) is 18.4 Å². The highest BCUT2D eigenvalue weighted by atomic mass is 32.2. The highest BCUT2D eigenvalue weighted by Gasteiger charge is 2.23. The number of aromatic nitrogens is 2. The van der Waals surface area contributed by atoms with Gasteiger partial charge in [-0.2, -0.15) is 4.31 Å². The Morgan fingerprint density at radius 3 is 2.29 bits per heavy atom. The molecule has 2 heterocycles. The number of carbonyl (C=O) groups is 1. The second-order valence-corrected chi connectivity index (χ2v) is 8.56. The molecule has 0 radical (unpaired) electrons. The predicted molar refractivity (Wildman–Crippen MR) is 115 cm³/mol. The first kappa shape index (κ1) is 22.2. The molecule has 1 aromatic carbocycles. The third kappa shape index (κ3) is 4.81. The van der Waals surface area contributed by atoms with Crippen molar-refractivity contribution in [2.24, 2.45) is 0 Å². The number of nitrogens with one attached hydrogen (secondary N) is 1. The van der Waals surface area contributed by atoms with Gasteiger partial charge in [0.1, 0.15) is 11.5 Å². The summed E-state index contributed by atoms with van der Waals surface area (Å²) in [5.74, 6) is 1.02. The molecule has 0 aliphatic heterocycles. The van der Waals surface area contributed by atoms with Crippen LogP contribution >= 0.6 is 0 Å². The Balaban J connectivity index is 1.74. The Morgan fingerprint density at radius 2 is 1.74 bits per heavy atom. The Kier molecular flexibility index (Phi) is 6.52. The summed E-state index contributed by atoms with van der Waals surface area (Å²) >= 11 is 0. The number of amides is 1. The average Bonchev–Trinajstić information content (AvgIpc) is 3.33. The van der Waals surface area contributed by atoms with E-state index in [4.69, 9.17) is 8.83 Å². The van der Waals surface area contributed by atoms with Crippen molar-refractivity contribution in [3.63, 3.8) is 0 Å². The van der Waals surface area contributed by atoms with E-state index in [1.165, 1.54) is 40.7 Å². The quantitative estimate of drug-likeness (QED) is 0.503. The highest BCUT2D eigenvalue weighted by Crippen LogP contribution is 2.26. The van der Waals surface area contributed by atoms with Crippen LogP contribution in [0.4, 0.5) is 6.01 Å². The number of nitrogens with zero attached hydrogens (tertiary/aromatic N) is 3. The SMILES string of the molecule is C=CCN(CC=C)S(=O)(=O)c1ccc(C(=O)Nc2nnc(-c3cc(C)oc3C)o2)cc1. The Hall–Kier alpha value is -3.50. The van der Waals surface area contributed by atoms with Gasteiger partial charge in [-0.15, -0.1) is 18.3 Å². The van der Waals surface area contributed by atoms with Crippen molar-refractivity contribution in [2.45, 2.75) is 18.7 Å². The maximum absolute atomic E-state index is 12.7. The molecule has 0 saturated heterocycles. The molecule has 0 spiro atoms. The number of hydrogen-bond acceptors (Lipinski definition) is 7. The monoisotopic (exact) mass is 442 g/mol. The van der Waals surface area contributed by atoms with Crippen LogP contribution in [0.3, 0.4) is 0 Å². The molecule has 0 bridgehead atoms. The third-order valence-corrected chi connectivity index (χ3v) is 6.18. The molecule has 0 aliphatic rings. The molecule has 162 valence electrons. The summed E-state index contributed by atoms with van der Waals surface area (Å²) in [5.41, 5.74) is 0.872. The van der Waals surface area contributed by atoms with Crippen molar-refractivity contribution in [3.05, 3.63) is 72.7 Å². The molecule has 0 fully saturated rings. The minimum Gasteiger partial charge on any atom is -0.466 e. The zero-order chi connectivity index (χ0) is 22.6. The van der Waals surface area contributed by atoms with Gasteiger partial charge in [0.2, 0.25) is 10.0 Å². The van der Waals surface area contributed by atoms with Gasteiger partial charge in [0.05, 0.1) is 10.5 Å². The van der Waals surface area contributed by atoms with Crippen molar-refractivity contribution in [3.8, 4) is 11.5 Å². The van der Waals surface area contributed by atoms with Crippen LogP contribution in [-0.2, 0) is 10.0 Å². The molecule has 3 aromatic rings. The summed E-state index contributed by atoms with van der Waals surface area (Å²) < 4.78 is 37.6. The Labute approximate surface area is 180 Å². The van der Waals surface area contributed by atoms with E-state index in [-0.39, 0.29) is 35.5 Å². The van der Waals surface area contributed by atoms with Crippen LogP contribution in [0.2, 0.25) is 0 Å². The molecule has 3 rings (SSSR count). The fraction of sp³-hybridized carbons (Fsp3) is 0.190. The molecule has 10 heteroatoms. The normalized spacial score (nSPS) is 11.5. The second kappa shape index (κ2) is 9.11. The van der Waals surface area contributed by atoms with Crippen LogP contribution in [0.25, 0.3) is 11.5 Å². The Bertz CT molecular complexity index is 1200. The lowest BCUT2D eigenvalue weighted by Crippen LogP contribution is -2.31. The molecule has 1 N–H and O–H groups in total. The standard InChI is InChI=1S/C21H22N4O5S/c1-5-11-25(12-6-2)31(27,28)17-9-7-16(8-10-17)19(26)22-21-24-23-20(30-21)18-13-14(3)29-15(18)4/h5-10,13H,1-2,11-12H2,3-4H3,(H,22,24,26). The molecule has 1 amide bonds. The van der Waals surface area contributed by atoms with Crippen molar-refractivity contribution in [1.29, 1.82) is 0 Å². The maximum atomic E-state index is 12.7. The van der Waals surface area contributed by atoms with Gasteiger partial charge in [0, 0.05) is 18.7 Å². The van der Waals surface area contributed by atoms with Gasteiger partial charge in [-0.3, -0.25) is 10.1 Å². The summed E-state index contributed by atoms with van der Waals surface area (Å²) in [7, 11) is -3.75. The van der Waals surface area contributed by atoms with Crippen LogP contribution in [0.1, 0.15) is 21.9 Å². The van der Waals surface area contributed by atoms with E-state index >= 15 is 0 Å². The van der Waals surface area contributed by atoms with Gasteiger partial charge in [-0.1, -0.05) is 17.3 Å². The minimum absolute atomic E-state index is 0.0543. The van der Waals surface area contributed by atoms with E-state index in [9.17, 15) is 13.2 Å². The lowest BCUT2D eigenvalue weighted by molar-refractivity contribution is 0.102. The van der Waals surface area contributed by atoms with Crippen molar-refractivity contribution < 1.29 is 22.0 Å². The van der Waals surface area contributed by atoms with Crippen molar-refractivity contribution in [1.82, 2.24) is 14.5 Å². The molecule has 9 nitrogen and oxygen atoms in total. The summed E-state index contributed by atoms with van der Waals surface area (Å²) in [6.45, 7) is 11.0. The van der Waals surface area contributed by atoms with Crippen molar-refractivity contribution >= 4 is 21.9 Å². The fourth-order valence-corrected chi connectivity index (χ4v) is 4.26. The number of carbonyl (C=O) groups excluding carboxylic acids is 1. The summed E-state index contributed by atoms with van der Waals surface area (Å²) in [4.78, 5) is 12.5. The topological polar surface area (TPSA) is 119 Å². The van der Waals surface area contributed by atoms with Gasteiger partial charge < -0.3 is 8.83 Å². The number of benzene rings is 1. The molecule has 0 aliphatic carbocycles. The lowest BCUT2D eigenvalue weighted by Gasteiger charge is -2.19. The zero-order valence-electron chi connectivity index (χ0n) is 17.2. The molecular formula is C21H22N4O5S. The van der Waals surface area contributed by atoms with Crippen LogP contribution in [0.15, 0.2) is 69.4 Å². The summed E-state index contributed by atoms with van der Waals surface area (Å²) in [5, 5.41) is 10.2. The molecular weight excluding hydrogens is 420 g/mol. The van der Waals surface area contributed by atoms with E-state index in [2.05, 4.69) is 28.7 Å². The van der Waals surface area contributed by atoms with Gasteiger partial charge in [0.15, 0.2) is 0 Å². The average molecular weight is 442 g/mol. The number of furan rings is 1. The van der Waals surface area contributed by atoms with Crippen LogP contribution in [0.5, 0.6) is 0 Å². The number of rotatable bonds is 9. The van der Waals surface area contributed by atoms with Gasteiger partial charge >= 0.3 is 6.01 Å². The van der Waals surface area contributed by atoms with E-state index in [0.717, 1.165) is 0 Å². The summed E-state index contributed by atoms with van der Waals surface area (Å²) in [6, 6.07) is 7.21. The van der Waals surface area contributed by atoms with E-state index in [0.29, 0.717) is 17.1 Å². The number of sulfonamides is 1. The second-order valence-electron chi connectivity index (χ2n) is 6.62. The van der Waals surface area contributed by atoms with Crippen LogP contribution < -0.4 is 5.32 Å². The van der Waals surface area contributed by atoms with E-state index in [1.807, 2.05) is 0 Å². The molecule has 0 saturated carbocycles. The number of aryl methyl sites for hydroxylation is 2. The van der Waals surface area contributed by atoms with Gasteiger partial charge in [-0.25, -0.2) is 8.42 Å². The highest BCUT2D eigenvalue weighted by molar-refractivity contribution is 7.89. The molecule has 2 aromatic heterocycles. The van der Waals surface area contributed by atoms with E-state index in [1.54, 1.807) is 19.9 Å². The first-order valence-electron chi connectivity index (χ1n) is 9.30. The third-order valence-electron chi connectivity index (χ3n) is 4.34. The Morgan fingerprint density at radius 1 is 1.10 bits per heavy atom. The van der Waals surface area contributed by atoms with Gasteiger partial charge in [-0.05, 0) is 44.2 Å². The summed E-state index contributed by atoms with van der Waals surface area (Å²) in [6.07, 6.45) is 2.99. The van der Waals surface area contributed by atoms with Crippen LogP contribution in [-0.4, -0.2) is 41.9 Å². The first-order chi connectivity index (χ1) is 14.8. The number of hydrogen-bond donors (Lipinski definition) is 1. The molecule has 31 heavy (non-hydrogen) atoms. The maximum Gasteiger partial charge on any atom is 0.322 e. The smallest absolute Gasteiger partial charge is 0.322 e. The van der Waals surface area contributed by atoms with Gasteiger partial charge in [0.25, 0.3) is 11.8 Å². The molecule has 0 unspecified atom stereocenters. The zero-order valence-corrected chi connectivity index (χ0v) is 18.0. The van der Waals surface area contributed by atoms with Crippen LogP contribution in [0, 0.1) is 13.8 Å². The minimum atomic E-state index is -3.75. The lowest BCUT2D eigenvalue weighted by atomic mass is 10.2. The molecule has 0 atom stereocenters. The first-order valence-corrected chi connectivity index (χ1v) is 10.7. The largest absolute Gasteiger partial charge is 0.466 e. The van der Waals surface area contributed by atoms with E-state index < -0.39 is 15.9 Å². The fourth-order valence-electron chi connectivity index (χ4n) is 2.88. The number of anilines is 1. The predicted octanol–water partition coefficient (Wildman–Crippen LogP) is 3.56.